The van der Waals surface area contributed by atoms with Gasteiger partial charge in [-0.25, -0.2) is 0 Å². The van der Waals surface area contributed by atoms with E-state index in [1.54, 1.807) is 6.92 Å². The summed E-state index contributed by atoms with van der Waals surface area (Å²) in [4.78, 5) is 11.6. The highest BCUT2D eigenvalue weighted by Gasteiger charge is 2.40. The maximum absolute atomic E-state index is 11.6. The van der Waals surface area contributed by atoms with Crippen LogP contribution in [-0.4, -0.2) is 32.3 Å². The lowest BCUT2D eigenvalue weighted by molar-refractivity contribution is -0.162. The van der Waals surface area contributed by atoms with Crippen LogP contribution in [0.5, 0.6) is 0 Å². The maximum atomic E-state index is 11.6. The standard InChI is InChI=1S/C9H17NO3/c1-2-13-8(11)9(6-10)4-3-5-12-7-9/h2-7,10H2,1H3/t9-/m1/s1. The summed E-state index contributed by atoms with van der Waals surface area (Å²) in [5, 5.41) is 0. The van der Waals surface area contributed by atoms with E-state index >= 15 is 0 Å². The van der Waals surface area contributed by atoms with E-state index < -0.39 is 5.41 Å². The fourth-order valence-corrected chi connectivity index (χ4v) is 1.54. The zero-order valence-electron chi connectivity index (χ0n) is 8.04. The minimum atomic E-state index is -0.575. The number of hydrogen-bond donors (Lipinski definition) is 1. The van der Waals surface area contributed by atoms with Crippen LogP contribution in [0.1, 0.15) is 19.8 Å². The van der Waals surface area contributed by atoms with Crippen molar-refractivity contribution in [2.45, 2.75) is 19.8 Å². The van der Waals surface area contributed by atoms with Crippen LogP contribution in [0.2, 0.25) is 0 Å². The normalized spacial score (nSPS) is 28.5. The predicted molar refractivity (Wildman–Crippen MR) is 48.2 cm³/mol. The van der Waals surface area contributed by atoms with E-state index in [9.17, 15) is 4.79 Å². The second-order valence-electron chi connectivity index (χ2n) is 3.36. The average Bonchev–Trinajstić information content (AvgIpc) is 2.19. The number of esters is 1. The molecular formula is C9H17NO3. The monoisotopic (exact) mass is 187 g/mol. The number of ether oxygens (including phenoxy) is 2. The first-order valence-corrected chi connectivity index (χ1v) is 4.70. The van der Waals surface area contributed by atoms with Crippen LogP contribution in [0.25, 0.3) is 0 Å². The molecule has 1 aliphatic rings. The van der Waals surface area contributed by atoms with Crippen LogP contribution in [0, 0.1) is 5.41 Å². The van der Waals surface area contributed by atoms with E-state index in [1.807, 2.05) is 0 Å². The third-order valence-corrected chi connectivity index (χ3v) is 2.42. The van der Waals surface area contributed by atoms with Gasteiger partial charge in [0.25, 0.3) is 0 Å². The van der Waals surface area contributed by atoms with Crippen LogP contribution in [0.4, 0.5) is 0 Å². The van der Waals surface area contributed by atoms with E-state index in [4.69, 9.17) is 15.2 Å². The molecule has 76 valence electrons. The number of carbonyl (C=O) groups is 1. The summed E-state index contributed by atoms with van der Waals surface area (Å²) in [5.41, 5.74) is 5.01. The van der Waals surface area contributed by atoms with Gasteiger partial charge in [-0.2, -0.15) is 0 Å². The molecule has 0 radical (unpaired) electrons. The van der Waals surface area contributed by atoms with Crippen molar-refractivity contribution in [3.8, 4) is 0 Å². The first kappa shape index (κ1) is 10.5. The first-order chi connectivity index (χ1) is 6.25. The molecule has 1 aliphatic heterocycles. The van der Waals surface area contributed by atoms with Gasteiger partial charge in [0.15, 0.2) is 0 Å². The molecule has 1 fully saturated rings. The molecule has 0 aromatic rings. The Morgan fingerprint density at radius 1 is 1.69 bits per heavy atom. The molecule has 1 saturated heterocycles. The highest BCUT2D eigenvalue weighted by atomic mass is 16.5. The van der Waals surface area contributed by atoms with Crippen LogP contribution in [0.15, 0.2) is 0 Å². The molecule has 0 aliphatic carbocycles. The molecule has 1 atom stereocenters. The summed E-state index contributed by atoms with van der Waals surface area (Å²) in [5.74, 6) is -0.211. The minimum Gasteiger partial charge on any atom is -0.465 e. The summed E-state index contributed by atoms with van der Waals surface area (Å²) in [7, 11) is 0. The van der Waals surface area contributed by atoms with Crippen LogP contribution < -0.4 is 5.73 Å². The zero-order chi connectivity index (χ0) is 9.73. The maximum Gasteiger partial charge on any atom is 0.315 e. The van der Waals surface area contributed by atoms with E-state index in [1.165, 1.54) is 0 Å². The number of carbonyl (C=O) groups excluding carboxylic acids is 1. The third-order valence-electron chi connectivity index (χ3n) is 2.42. The van der Waals surface area contributed by atoms with Gasteiger partial charge in [0.05, 0.1) is 13.2 Å². The molecule has 0 aromatic heterocycles. The third kappa shape index (κ3) is 2.19. The minimum absolute atomic E-state index is 0.211. The first-order valence-electron chi connectivity index (χ1n) is 4.70. The molecule has 4 nitrogen and oxygen atoms in total. The topological polar surface area (TPSA) is 61.5 Å². The largest absolute Gasteiger partial charge is 0.465 e. The fourth-order valence-electron chi connectivity index (χ4n) is 1.54. The molecule has 1 rings (SSSR count). The Labute approximate surface area is 78.4 Å². The van der Waals surface area contributed by atoms with Crippen LogP contribution in [-0.2, 0) is 14.3 Å². The molecular weight excluding hydrogens is 170 g/mol. The van der Waals surface area contributed by atoms with E-state index in [-0.39, 0.29) is 5.97 Å². The second kappa shape index (κ2) is 4.58. The van der Waals surface area contributed by atoms with Crippen LogP contribution >= 0.6 is 0 Å². The highest BCUT2D eigenvalue weighted by Crippen LogP contribution is 2.28. The SMILES string of the molecule is CCOC(=O)[C@@]1(CN)CCCOC1. The number of hydrogen-bond acceptors (Lipinski definition) is 4. The van der Waals surface area contributed by atoms with Gasteiger partial charge < -0.3 is 15.2 Å². The van der Waals surface area contributed by atoms with Crippen molar-refractivity contribution in [3.63, 3.8) is 0 Å². The summed E-state index contributed by atoms with van der Waals surface area (Å²) in [6.45, 7) is 3.64. The molecule has 13 heavy (non-hydrogen) atoms. The van der Waals surface area contributed by atoms with Gasteiger partial charge in [0.2, 0.25) is 0 Å². The van der Waals surface area contributed by atoms with Gasteiger partial charge in [-0.15, -0.1) is 0 Å². The Balaban J connectivity index is 2.61. The average molecular weight is 187 g/mol. The van der Waals surface area contributed by atoms with Gasteiger partial charge in [0, 0.05) is 13.2 Å². The molecule has 2 N–H and O–H groups in total. The Morgan fingerprint density at radius 2 is 2.46 bits per heavy atom. The van der Waals surface area contributed by atoms with Crippen molar-refractivity contribution in [2.75, 3.05) is 26.4 Å². The van der Waals surface area contributed by atoms with E-state index in [2.05, 4.69) is 0 Å². The van der Waals surface area contributed by atoms with Crippen molar-refractivity contribution in [2.24, 2.45) is 11.1 Å². The van der Waals surface area contributed by atoms with Gasteiger partial charge >= 0.3 is 5.97 Å². The zero-order valence-corrected chi connectivity index (χ0v) is 8.04. The summed E-state index contributed by atoms with van der Waals surface area (Å²) >= 11 is 0. The predicted octanol–water partition coefficient (Wildman–Crippen LogP) is 0.305. The molecule has 0 amide bonds. The van der Waals surface area contributed by atoms with Crippen molar-refractivity contribution in [3.05, 3.63) is 0 Å². The Morgan fingerprint density at radius 3 is 2.92 bits per heavy atom. The molecule has 1 heterocycles. The molecule has 0 unspecified atom stereocenters. The van der Waals surface area contributed by atoms with Gasteiger partial charge in [-0.05, 0) is 19.8 Å². The van der Waals surface area contributed by atoms with Crippen molar-refractivity contribution < 1.29 is 14.3 Å². The van der Waals surface area contributed by atoms with Gasteiger partial charge in [-0.1, -0.05) is 0 Å². The van der Waals surface area contributed by atoms with E-state index in [0.717, 1.165) is 19.4 Å². The fraction of sp³-hybridized carbons (Fsp3) is 0.889. The van der Waals surface area contributed by atoms with Crippen LogP contribution in [0.3, 0.4) is 0 Å². The Bertz CT molecular complexity index is 176. The summed E-state index contributed by atoms with van der Waals surface area (Å²) < 4.78 is 10.2. The molecule has 0 spiro atoms. The second-order valence-corrected chi connectivity index (χ2v) is 3.36. The lowest BCUT2D eigenvalue weighted by Gasteiger charge is -2.33. The number of nitrogens with two attached hydrogens (primary N) is 1. The molecule has 0 aromatic carbocycles. The smallest absolute Gasteiger partial charge is 0.315 e. The lowest BCUT2D eigenvalue weighted by Crippen LogP contribution is -2.46. The Hall–Kier alpha value is -0.610. The quantitative estimate of drug-likeness (QED) is 0.646. The van der Waals surface area contributed by atoms with Crippen molar-refractivity contribution in [1.29, 1.82) is 0 Å². The number of rotatable bonds is 3. The van der Waals surface area contributed by atoms with Crippen molar-refractivity contribution >= 4 is 5.97 Å². The van der Waals surface area contributed by atoms with Gasteiger partial charge in [0.1, 0.15) is 5.41 Å². The molecule has 0 bridgehead atoms. The van der Waals surface area contributed by atoms with Crippen molar-refractivity contribution in [1.82, 2.24) is 0 Å². The molecule has 4 heteroatoms. The molecule has 0 saturated carbocycles. The highest BCUT2D eigenvalue weighted by molar-refractivity contribution is 5.77. The lowest BCUT2D eigenvalue weighted by atomic mass is 9.83. The Kier molecular flexibility index (Phi) is 3.69. The van der Waals surface area contributed by atoms with E-state index in [0.29, 0.717) is 19.8 Å². The summed E-state index contributed by atoms with van der Waals surface area (Å²) in [6, 6.07) is 0. The summed E-state index contributed by atoms with van der Waals surface area (Å²) in [6.07, 6.45) is 1.67. The van der Waals surface area contributed by atoms with Gasteiger partial charge in [-0.3, -0.25) is 4.79 Å².